The first-order valence-electron chi connectivity index (χ1n) is 9.10. The molecule has 1 fully saturated rings. The molecule has 150 valence electrons. The summed E-state index contributed by atoms with van der Waals surface area (Å²) in [6, 6.07) is 14.3. The van der Waals surface area contributed by atoms with Crippen LogP contribution >= 0.6 is 23.2 Å². The Morgan fingerprint density at radius 2 is 1.89 bits per heavy atom. The first-order chi connectivity index (χ1) is 13.2. The molecular weight excluding hydrogens is 405 g/mol. The van der Waals surface area contributed by atoms with Crippen LogP contribution in [0.25, 0.3) is 0 Å². The van der Waals surface area contributed by atoms with E-state index in [1.165, 1.54) is 0 Å². The maximum Gasteiger partial charge on any atom is 0.261 e. The molecule has 0 bridgehead atoms. The molecule has 1 atom stereocenters. The van der Waals surface area contributed by atoms with Crippen LogP contribution in [0, 0.1) is 0 Å². The van der Waals surface area contributed by atoms with Crippen LogP contribution < -0.4 is 0 Å². The Kier molecular flexibility index (Phi) is 6.58. The summed E-state index contributed by atoms with van der Waals surface area (Å²) < 4.78 is 27.2. The van der Waals surface area contributed by atoms with E-state index in [1.54, 1.807) is 35.0 Å². The summed E-state index contributed by atoms with van der Waals surface area (Å²) in [5.74, 6) is -2.78. The predicted octanol–water partition coefficient (Wildman–Crippen LogP) is 5.08. The van der Waals surface area contributed by atoms with Crippen molar-refractivity contribution in [1.82, 2.24) is 9.80 Å². The number of benzene rings is 2. The lowest BCUT2D eigenvalue weighted by atomic mass is 10.0. The van der Waals surface area contributed by atoms with Crippen molar-refractivity contribution >= 4 is 29.1 Å². The number of rotatable bonds is 6. The Bertz CT molecular complexity index is 832. The number of likely N-dealkylation sites (tertiary alicyclic amines) is 1. The summed E-state index contributed by atoms with van der Waals surface area (Å²) >= 11 is 12.0. The van der Waals surface area contributed by atoms with Crippen LogP contribution in [0.2, 0.25) is 10.0 Å². The van der Waals surface area contributed by atoms with E-state index < -0.39 is 5.92 Å². The molecule has 1 aliphatic heterocycles. The Morgan fingerprint density at radius 1 is 1.18 bits per heavy atom. The van der Waals surface area contributed by atoms with E-state index in [-0.39, 0.29) is 31.3 Å². The first kappa shape index (κ1) is 21.0. The third kappa shape index (κ3) is 5.22. The van der Waals surface area contributed by atoms with Gasteiger partial charge in [0.15, 0.2) is 0 Å². The molecule has 1 saturated heterocycles. The highest BCUT2D eigenvalue weighted by Gasteiger charge is 2.39. The van der Waals surface area contributed by atoms with Gasteiger partial charge in [0.1, 0.15) is 0 Å². The average Bonchev–Trinajstić information content (AvgIpc) is 3.01. The van der Waals surface area contributed by atoms with Crippen molar-refractivity contribution < 1.29 is 13.6 Å². The second-order valence-corrected chi connectivity index (χ2v) is 8.01. The van der Waals surface area contributed by atoms with Gasteiger partial charge in [0, 0.05) is 26.6 Å². The molecule has 1 heterocycles. The molecule has 0 radical (unpaired) electrons. The third-order valence-corrected chi connectivity index (χ3v) is 5.80. The fourth-order valence-electron chi connectivity index (χ4n) is 3.46. The molecule has 0 aromatic heterocycles. The minimum Gasteiger partial charge on any atom is -0.337 e. The van der Waals surface area contributed by atoms with E-state index in [2.05, 4.69) is 0 Å². The van der Waals surface area contributed by atoms with Crippen molar-refractivity contribution in [2.24, 2.45) is 0 Å². The minimum absolute atomic E-state index is 0.113. The molecule has 2 aromatic carbocycles. The number of hydrogen-bond acceptors (Lipinski definition) is 2. The zero-order valence-electron chi connectivity index (χ0n) is 15.5. The highest BCUT2D eigenvalue weighted by Crippen LogP contribution is 2.30. The Morgan fingerprint density at radius 3 is 2.50 bits per heavy atom. The fraction of sp³-hybridized carbons (Fsp3) is 0.381. The van der Waals surface area contributed by atoms with Crippen LogP contribution in [0.15, 0.2) is 48.5 Å². The van der Waals surface area contributed by atoms with Gasteiger partial charge in [0.25, 0.3) is 5.92 Å². The van der Waals surface area contributed by atoms with Crippen LogP contribution in [-0.2, 0) is 11.2 Å². The van der Waals surface area contributed by atoms with Crippen LogP contribution in [-0.4, -0.2) is 48.3 Å². The zero-order valence-corrected chi connectivity index (χ0v) is 17.1. The number of halogens is 4. The topological polar surface area (TPSA) is 23.6 Å². The molecule has 0 saturated carbocycles. The fourth-order valence-corrected chi connectivity index (χ4v) is 3.78. The molecule has 1 aliphatic rings. The number of carbonyl (C=O) groups is 1. The maximum atomic E-state index is 13.6. The van der Waals surface area contributed by atoms with Gasteiger partial charge in [-0.25, -0.2) is 8.78 Å². The number of amides is 1. The van der Waals surface area contributed by atoms with E-state index in [1.807, 2.05) is 30.3 Å². The van der Waals surface area contributed by atoms with Crippen molar-refractivity contribution in [3.05, 3.63) is 69.7 Å². The second-order valence-electron chi connectivity index (χ2n) is 7.20. The number of likely N-dealkylation sites (N-methyl/N-ethyl adjacent to an activating group) is 1. The number of carbonyl (C=O) groups excluding carboxylic acids is 1. The second kappa shape index (κ2) is 8.76. The predicted molar refractivity (Wildman–Crippen MR) is 108 cm³/mol. The molecule has 28 heavy (non-hydrogen) atoms. The van der Waals surface area contributed by atoms with Crippen LogP contribution in [0.4, 0.5) is 8.78 Å². The Balaban J connectivity index is 1.76. The normalized spacial score (nSPS) is 17.5. The van der Waals surface area contributed by atoms with Crippen molar-refractivity contribution in [2.75, 3.05) is 26.7 Å². The maximum absolute atomic E-state index is 13.6. The van der Waals surface area contributed by atoms with Crippen LogP contribution in [0.3, 0.4) is 0 Å². The summed E-state index contributed by atoms with van der Waals surface area (Å²) in [4.78, 5) is 16.3. The van der Waals surface area contributed by atoms with Gasteiger partial charge >= 0.3 is 0 Å². The van der Waals surface area contributed by atoms with Crippen LogP contribution in [0.1, 0.15) is 23.6 Å². The molecule has 0 spiro atoms. The zero-order chi connectivity index (χ0) is 20.3. The highest BCUT2D eigenvalue weighted by molar-refractivity contribution is 6.42. The average molecular weight is 427 g/mol. The smallest absolute Gasteiger partial charge is 0.261 e. The number of alkyl halides is 2. The summed E-state index contributed by atoms with van der Waals surface area (Å²) in [6.07, 6.45) is 0.0162. The van der Waals surface area contributed by atoms with Gasteiger partial charge in [0.05, 0.1) is 29.1 Å². The quantitative estimate of drug-likeness (QED) is 0.642. The highest BCUT2D eigenvalue weighted by atomic mass is 35.5. The molecule has 7 heteroatoms. The summed E-state index contributed by atoms with van der Waals surface area (Å²) in [5, 5.41) is 0.830. The van der Waals surface area contributed by atoms with Gasteiger partial charge in [-0.2, -0.15) is 0 Å². The lowest BCUT2D eigenvalue weighted by molar-refractivity contribution is -0.131. The van der Waals surface area contributed by atoms with E-state index in [4.69, 9.17) is 23.2 Å². The van der Waals surface area contributed by atoms with Crippen molar-refractivity contribution in [3.63, 3.8) is 0 Å². The van der Waals surface area contributed by atoms with Crippen molar-refractivity contribution in [3.8, 4) is 0 Å². The summed E-state index contributed by atoms with van der Waals surface area (Å²) in [7, 11) is 1.71. The first-order valence-corrected chi connectivity index (χ1v) is 9.85. The largest absolute Gasteiger partial charge is 0.337 e. The minimum atomic E-state index is -2.66. The number of nitrogens with zero attached hydrogens (tertiary/aromatic N) is 2. The molecule has 1 amide bonds. The molecule has 0 N–H and O–H groups in total. The third-order valence-electron chi connectivity index (χ3n) is 5.06. The monoisotopic (exact) mass is 426 g/mol. The lowest BCUT2D eigenvalue weighted by Gasteiger charge is -2.32. The van der Waals surface area contributed by atoms with E-state index in [0.29, 0.717) is 23.1 Å². The summed E-state index contributed by atoms with van der Waals surface area (Å²) in [5.41, 5.74) is 1.67. The van der Waals surface area contributed by atoms with Gasteiger partial charge in [-0.1, -0.05) is 59.6 Å². The molecule has 2 aromatic rings. The lowest BCUT2D eigenvalue weighted by Crippen LogP contribution is -2.40. The molecule has 1 unspecified atom stereocenters. The molecule has 3 rings (SSSR count). The van der Waals surface area contributed by atoms with Gasteiger partial charge < -0.3 is 4.90 Å². The molecule has 3 nitrogen and oxygen atoms in total. The van der Waals surface area contributed by atoms with E-state index in [0.717, 1.165) is 11.1 Å². The summed E-state index contributed by atoms with van der Waals surface area (Å²) in [6.45, 7) is 0.416. The van der Waals surface area contributed by atoms with Gasteiger partial charge in [-0.15, -0.1) is 0 Å². The molecule has 0 aliphatic carbocycles. The van der Waals surface area contributed by atoms with Crippen molar-refractivity contribution in [2.45, 2.75) is 24.8 Å². The Hall–Kier alpha value is -1.69. The van der Waals surface area contributed by atoms with Gasteiger partial charge in [-0.3, -0.25) is 9.69 Å². The van der Waals surface area contributed by atoms with E-state index in [9.17, 15) is 13.6 Å². The van der Waals surface area contributed by atoms with Crippen LogP contribution in [0.5, 0.6) is 0 Å². The van der Waals surface area contributed by atoms with Gasteiger partial charge in [-0.05, 0) is 23.3 Å². The number of hydrogen-bond donors (Lipinski definition) is 0. The SMILES string of the molecule is CN(C(=O)Cc1ccc(Cl)c(Cl)c1)C(CN1CCC(F)(F)C1)c1ccccc1. The van der Waals surface area contributed by atoms with Crippen molar-refractivity contribution in [1.29, 1.82) is 0 Å². The Labute approximate surface area is 173 Å². The van der Waals surface area contributed by atoms with Gasteiger partial charge in [0.2, 0.25) is 5.91 Å². The standard InChI is InChI=1S/C21H22Cl2F2N2O/c1-26(20(28)12-15-7-8-17(22)18(23)11-15)19(16-5-3-2-4-6-16)13-27-10-9-21(24,25)14-27/h2-8,11,19H,9-10,12-14H2,1H3. The van der Waals surface area contributed by atoms with E-state index >= 15 is 0 Å². The molecular formula is C21H22Cl2F2N2O.